The maximum absolute atomic E-state index is 11.1. The molecule has 0 unspecified atom stereocenters. The highest BCUT2D eigenvalue weighted by Crippen LogP contribution is 2.12. The molecule has 2 heterocycles. The molecule has 0 radical (unpaired) electrons. The summed E-state index contributed by atoms with van der Waals surface area (Å²) in [7, 11) is 0. The van der Waals surface area contributed by atoms with Crippen molar-refractivity contribution >= 4 is 22.6 Å². The number of nitrogens with zero attached hydrogens (tertiary/aromatic N) is 1. The molecule has 1 N–H and O–H groups in total. The molecule has 56 valence electrons. The normalized spacial score (nSPS) is 10.6. The lowest BCUT2D eigenvalue weighted by Gasteiger charge is -2.01. The first kappa shape index (κ1) is 6.49. The molecule has 4 heteroatoms. The number of hydrogen-bond acceptors (Lipinski definition) is 1. The van der Waals surface area contributed by atoms with Gasteiger partial charge in [-0.3, -0.25) is 0 Å². The highest BCUT2D eigenvalue weighted by atomic mass is 35.5. The lowest BCUT2D eigenvalue weighted by molar-refractivity contribution is -0.578. The van der Waals surface area contributed by atoms with Gasteiger partial charge in [-0.15, -0.1) is 0 Å². The molecule has 2 aromatic heterocycles. The van der Waals surface area contributed by atoms with Crippen molar-refractivity contribution in [1.82, 2.24) is 4.98 Å². The predicted octanol–water partition coefficient (Wildman–Crippen LogP) is 1.45. The van der Waals surface area contributed by atoms with Crippen LogP contribution in [0.25, 0.3) is 11.0 Å². The molecule has 0 fully saturated rings. The fourth-order valence-corrected chi connectivity index (χ4v) is 1.25. The summed E-state index contributed by atoms with van der Waals surface area (Å²) in [6.07, 6.45) is 3.02. The van der Waals surface area contributed by atoms with Crippen LogP contribution < -0.4 is 4.73 Å². The zero-order valence-electron chi connectivity index (χ0n) is 5.54. The Hall–Kier alpha value is -1.22. The van der Waals surface area contributed by atoms with E-state index in [4.69, 9.17) is 11.6 Å². The van der Waals surface area contributed by atoms with Crippen molar-refractivity contribution in [2.24, 2.45) is 0 Å². The summed E-state index contributed by atoms with van der Waals surface area (Å²) in [5.74, 6) is 0. The molecule has 3 nitrogen and oxygen atoms in total. The average Bonchev–Trinajstić information content (AvgIpc) is 2.34. The Bertz CT molecular complexity index is 396. The second-order valence-electron chi connectivity index (χ2n) is 2.27. The fraction of sp³-hybridized carbons (Fsp3) is 0. The largest absolute Gasteiger partial charge is 0.711 e. The van der Waals surface area contributed by atoms with E-state index in [1.54, 1.807) is 18.3 Å². The molecule has 2 rings (SSSR count). The van der Waals surface area contributed by atoms with Gasteiger partial charge in [0.1, 0.15) is 6.20 Å². The SMILES string of the molecule is [O-][n+]1cc(Cl)cc2cc[nH]c21. The van der Waals surface area contributed by atoms with Crippen molar-refractivity contribution in [3.63, 3.8) is 0 Å². The van der Waals surface area contributed by atoms with E-state index in [0.717, 1.165) is 10.1 Å². The van der Waals surface area contributed by atoms with Crippen molar-refractivity contribution in [2.75, 3.05) is 0 Å². The van der Waals surface area contributed by atoms with Crippen molar-refractivity contribution in [3.8, 4) is 0 Å². The molecule has 0 aliphatic carbocycles. The van der Waals surface area contributed by atoms with E-state index in [-0.39, 0.29) is 0 Å². The molecule has 0 bridgehead atoms. The van der Waals surface area contributed by atoms with Gasteiger partial charge in [0.15, 0.2) is 0 Å². The summed E-state index contributed by atoms with van der Waals surface area (Å²) in [6.45, 7) is 0. The molecular formula is C7H5ClN2O. The van der Waals surface area contributed by atoms with Crippen molar-refractivity contribution in [1.29, 1.82) is 0 Å². The maximum atomic E-state index is 11.1. The predicted molar refractivity (Wildman–Crippen MR) is 42.3 cm³/mol. The smallest absolute Gasteiger partial charge is 0.289 e. The summed E-state index contributed by atoms with van der Waals surface area (Å²) in [6, 6.07) is 3.54. The van der Waals surface area contributed by atoms with Crippen LogP contribution in [0.5, 0.6) is 0 Å². The molecule has 0 spiro atoms. The number of nitrogens with one attached hydrogen (secondary N) is 1. The van der Waals surface area contributed by atoms with Gasteiger partial charge in [0.2, 0.25) is 0 Å². The summed E-state index contributed by atoms with van der Waals surface area (Å²) in [4.78, 5) is 2.81. The number of aromatic amines is 1. The molecule has 0 amide bonds. The van der Waals surface area contributed by atoms with Gasteiger partial charge >= 0.3 is 0 Å². The summed E-state index contributed by atoms with van der Waals surface area (Å²) < 4.78 is 0.720. The van der Waals surface area contributed by atoms with Gasteiger partial charge in [-0.1, -0.05) is 11.6 Å². The Morgan fingerprint density at radius 1 is 1.55 bits per heavy atom. The van der Waals surface area contributed by atoms with E-state index in [1.807, 2.05) is 0 Å². The second kappa shape index (κ2) is 2.13. The van der Waals surface area contributed by atoms with Crippen LogP contribution in [0.15, 0.2) is 24.5 Å². The third kappa shape index (κ3) is 0.935. The van der Waals surface area contributed by atoms with Gasteiger partial charge in [0.05, 0.1) is 16.6 Å². The third-order valence-electron chi connectivity index (χ3n) is 1.51. The monoisotopic (exact) mass is 168 g/mol. The lowest BCUT2D eigenvalue weighted by Crippen LogP contribution is -2.26. The van der Waals surface area contributed by atoms with Gasteiger partial charge in [0.25, 0.3) is 5.65 Å². The first-order chi connectivity index (χ1) is 5.27. The van der Waals surface area contributed by atoms with E-state index in [1.165, 1.54) is 6.20 Å². The molecule has 11 heavy (non-hydrogen) atoms. The first-order valence-electron chi connectivity index (χ1n) is 3.13. The standard InChI is InChI=1S/C7H5ClN2O/c8-6-3-5-1-2-9-7(5)10(11)4-6/h1-4,9H. The van der Waals surface area contributed by atoms with Gasteiger partial charge in [-0.2, -0.15) is 0 Å². The maximum Gasteiger partial charge on any atom is 0.289 e. The van der Waals surface area contributed by atoms with E-state index in [9.17, 15) is 5.21 Å². The molecule has 2 aromatic rings. The number of rotatable bonds is 0. The van der Waals surface area contributed by atoms with Crippen LogP contribution in [0.3, 0.4) is 0 Å². The number of hydrogen-bond donors (Lipinski definition) is 1. The van der Waals surface area contributed by atoms with Crippen molar-refractivity contribution in [3.05, 3.63) is 34.8 Å². The third-order valence-corrected chi connectivity index (χ3v) is 1.72. The zero-order chi connectivity index (χ0) is 7.84. The molecule has 0 saturated carbocycles. The highest BCUT2D eigenvalue weighted by Gasteiger charge is 2.03. The Kier molecular flexibility index (Phi) is 1.26. The molecule has 0 aromatic carbocycles. The van der Waals surface area contributed by atoms with Crippen LogP contribution in [0.4, 0.5) is 0 Å². The zero-order valence-corrected chi connectivity index (χ0v) is 6.30. The summed E-state index contributed by atoms with van der Waals surface area (Å²) in [5.41, 5.74) is 0.536. The van der Waals surface area contributed by atoms with E-state index < -0.39 is 0 Å². The minimum atomic E-state index is 0.451. The topological polar surface area (TPSA) is 42.7 Å². The van der Waals surface area contributed by atoms with E-state index in [0.29, 0.717) is 10.7 Å². The van der Waals surface area contributed by atoms with Gasteiger partial charge < -0.3 is 5.21 Å². The van der Waals surface area contributed by atoms with Crippen LogP contribution in [-0.4, -0.2) is 4.98 Å². The number of H-pyrrole nitrogens is 1. The number of halogens is 1. The molecular weight excluding hydrogens is 164 g/mol. The molecule has 0 saturated heterocycles. The van der Waals surface area contributed by atoms with E-state index >= 15 is 0 Å². The Morgan fingerprint density at radius 2 is 2.36 bits per heavy atom. The molecule has 0 aliphatic heterocycles. The van der Waals surface area contributed by atoms with Crippen LogP contribution in [0.2, 0.25) is 5.02 Å². The van der Waals surface area contributed by atoms with Crippen molar-refractivity contribution < 1.29 is 4.73 Å². The number of fused-ring (bicyclic) bond motifs is 1. The summed E-state index contributed by atoms with van der Waals surface area (Å²) in [5, 5.41) is 12.3. The number of aromatic nitrogens is 2. The highest BCUT2D eigenvalue weighted by molar-refractivity contribution is 6.30. The molecule has 0 aliphatic rings. The van der Waals surface area contributed by atoms with Gasteiger partial charge in [-0.05, 0) is 12.1 Å². The van der Waals surface area contributed by atoms with Crippen LogP contribution in [-0.2, 0) is 0 Å². The average molecular weight is 169 g/mol. The van der Waals surface area contributed by atoms with E-state index in [2.05, 4.69) is 4.98 Å². The van der Waals surface area contributed by atoms with Gasteiger partial charge in [0, 0.05) is 0 Å². The first-order valence-corrected chi connectivity index (χ1v) is 3.51. The second-order valence-corrected chi connectivity index (χ2v) is 2.70. The van der Waals surface area contributed by atoms with Gasteiger partial charge in [-0.25, -0.2) is 9.71 Å². The summed E-state index contributed by atoms with van der Waals surface area (Å²) >= 11 is 5.65. The Balaban J connectivity index is 2.91. The minimum Gasteiger partial charge on any atom is -0.711 e. The lowest BCUT2D eigenvalue weighted by atomic mass is 10.3. The van der Waals surface area contributed by atoms with Crippen LogP contribution in [0.1, 0.15) is 0 Å². The Morgan fingerprint density at radius 3 is 3.18 bits per heavy atom. The minimum absolute atomic E-state index is 0.451. The van der Waals surface area contributed by atoms with Crippen LogP contribution >= 0.6 is 11.6 Å². The van der Waals surface area contributed by atoms with Crippen molar-refractivity contribution in [2.45, 2.75) is 0 Å². The fourth-order valence-electron chi connectivity index (χ4n) is 1.04. The molecule has 0 atom stereocenters. The number of pyridine rings is 1. The van der Waals surface area contributed by atoms with Crippen LogP contribution in [0, 0.1) is 5.21 Å². The quantitative estimate of drug-likeness (QED) is 0.470. The Labute approximate surface area is 67.8 Å².